The maximum absolute atomic E-state index is 12.7. The third-order valence-electron chi connectivity index (χ3n) is 3.55. The van der Waals surface area contributed by atoms with E-state index in [0.717, 1.165) is 0 Å². The van der Waals surface area contributed by atoms with Gasteiger partial charge in [-0.2, -0.15) is 0 Å². The van der Waals surface area contributed by atoms with Crippen molar-refractivity contribution in [3.63, 3.8) is 0 Å². The molecule has 1 aliphatic heterocycles. The van der Waals surface area contributed by atoms with Gasteiger partial charge in [0.1, 0.15) is 0 Å². The molecule has 0 saturated carbocycles. The smallest absolute Gasteiger partial charge is 0.260 e. The predicted octanol–water partition coefficient (Wildman–Crippen LogP) is 3.29. The van der Waals surface area contributed by atoms with Crippen LogP contribution in [-0.4, -0.2) is 31.0 Å². The highest BCUT2D eigenvalue weighted by molar-refractivity contribution is 8.14. The standard InChI is InChI=1S/C17H18N2O2S2/c1-14-6-5-7-15(12-14)13-22-17-18-10-11-19(17)23(20,21)16-8-3-2-4-9-16/h2-9,12H,10-11,13H2,1H3. The van der Waals surface area contributed by atoms with Gasteiger partial charge in [-0.15, -0.1) is 0 Å². The van der Waals surface area contributed by atoms with Gasteiger partial charge in [0, 0.05) is 5.75 Å². The molecule has 0 aromatic heterocycles. The van der Waals surface area contributed by atoms with E-state index < -0.39 is 10.0 Å². The van der Waals surface area contributed by atoms with Crippen molar-refractivity contribution in [1.82, 2.24) is 4.31 Å². The first kappa shape index (κ1) is 16.1. The normalized spacial score (nSPS) is 14.8. The maximum Gasteiger partial charge on any atom is 0.265 e. The molecule has 4 nitrogen and oxygen atoms in total. The third-order valence-corrected chi connectivity index (χ3v) is 6.55. The average molecular weight is 346 g/mol. The molecule has 2 aromatic rings. The topological polar surface area (TPSA) is 49.7 Å². The molecular weight excluding hydrogens is 328 g/mol. The van der Waals surface area contributed by atoms with E-state index in [9.17, 15) is 8.42 Å². The van der Waals surface area contributed by atoms with Crippen molar-refractivity contribution in [3.05, 3.63) is 65.7 Å². The number of benzene rings is 2. The van der Waals surface area contributed by atoms with Gasteiger partial charge in [-0.05, 0) is 24.6 Å². The van der Waals surface area contributed by atoms with Gasteiger partial charge in [0.25, 0.3) is 10.0 Å². The Bertz CT molecular complexity index is 817. The quantitative estimate of drug-likeness (QED) is 0.853. The molecule has 0 amide bonds. The van der Waals surface area contributed by atoms with Gasteiger partial charge in [-0.25, -0.2) is 12.7 Å². The molecule has 0 bridgehead atoms. The lowest BCUT2D eigenvalue weighted by Gasteiger charge is -2.19. The molecule has 23 heavy (non-hydrogen) atoms. The number of hydrogen-bond acceptors (Lipinski definition) is 4. The SMILES string of the molecule is Cc1cccc(CSC2=NCCN2S(=O)(=O)c2ccccc2)c1. The highest BCUT2D eigenvalue weighted by Crippen LogP contribution is 2.25. The molecule has 0 N–H and O–H groups in total. The van der Waals surface area contributed by atoms with E-state index in [-0.39, 0.29) is 0 Å². The van der Waals surface area contributed by atoms with Crippen molar-refractivity contribution in [2.24, 2.45) is 4.99 Å². The number of nitrogens with zero attached hydrogens (tertiary/aromatic N) is 2. The van der Waals surface area contributed by atoms with Crippen LogP contribution < -0.4 is 0 Å². The van der Waals surface area contributed by atoms with Crippen LogP contribution in [0, 0.1) is 6.92 Å². The van der Waals surface area contributed by atoms with Crippen LogP contribution in [0.4, 0.5) is 0 Å². The number of sulfonamides is 1. The Kier molecular flexibility index (Phi) is 4.73. The summed E-state index contributed by atoms with van der Waals surface area (Å²) in [5, 5.41) is 0.579. The first-order valence-electron chi connectivity index (χ1n) is 7.38. The van der Waals surface area contributed by atoms with Crippen LogP contribution in [0.2, 0.25) is 0 Å². The zero-order chi connectivity index (χ0) is 16.3. The first-order chi connectivity index (χ1) is 11.1. The van der Waals surface area contributed by atoms with Gasteiger partial charge >= 0.3 is 0 Å². The minimum atomic E-state index is -3.52. The van der Waals surface area contributed by atoms with Crippen LogP contribution in [0.15, 0.2) is 64.5 Å². The molecule has 0 aliphatic carbocycles. The van der Waals surface area contributed by atoms with Crippen molar-refractivity contribution < 1.29 is 8.42 Å². The maximum atomic E-state index is 12.7. The van der Waals surface area contributed by atoms with E-state index >= 15 is 0 Å². The highest BCUT2D eigenvalue weighted by atomic mass is 32.2. The first-order valence-corrected chi connectivity index (χ1v) is 9.80. The Morgan fingerprint density at radius 1 is 1.13 bits per heavy atom. The van der Waals surface area contributed by atoms with Crippen molar-refractivity contribution in [1.29, 1.82) is 0 Å². The molecule has 6 heteroatoms. The zero-order valence-corrected chi connectivity index (χ0v) is 14.5. The lowest BCUT2D eigenvalue weighted by molar-refractivity contribution is 0.540. The molecule has 0 atom stereocenters. The fourth-order valence-corrected chi connectivity index (χ4v) is 5.11. The Balaban J connectivity index is 1.75. The Morgan fingerprint density at radius 3 is 2.65 bits per heavy atom. The zero-order valence-electron chi connectivity index (χ0n) is 12.8. The summed E-state index contributed by atoms with van der Waals surface area (Å²) in [5.41, 5.74) is 2.37. The second kappa shape index (κ2) is 6.76. The number of thioether (sulfide) groups is 1. The number of rotatable bonds is 4. The largest absolute Gasteiger partial charge is 0.265 e. The van der Waals surface area contributed by atoms with Gasteiger partial charge in [-0.3, -0.25) is 4.99 Å². The third kappa shape index (κ3) is 3.59. The van der Waals surface area contributed by atoms with Gasteiger partial charge in [0.15, 0.2) is 5.17 Å². The van der Waals surface area contributed by atoms with Crippen molar-refractivity contribution in [2.45, 2.75) is 17.6 Å². The van der Waals surface area contributed by atoms with Gasteiger partial charge in [0.2, 0.25) is 0 Å². The molecule has 0 radical (unpaired) electrons. The molecular formula is C17H18N2O2S2. The Hall–Kier alpha value is -1.79. The number of hydrogen-bond donors (Lipinski definition) is 0. The summed E-state index contributed by atoms with van der Waals surface area (Å²) in [6, 6.07) is 16.7. The molecule has 0 unspecified atom stereocenters. The summed E-state index contributed by atoms with van der Waals surface area (Å²) in [6.07, 6.45) is 0. The van der Waals surface area contributed by atoms with Gasteiger partial charge in [0.05, 0.1) is 18.0 Å². The molecule has 120 valence electrons. The number of aryl methyl sites for hydroxylation is 1. The summed E-state index contributed by atoms with van der Waals surface area (Å²) in [5.74, 6) is 0.710. The van der Waals surface area contributed by atoms with Gasteiger partial charge < -0.3 is 0 Å². The summed E-state index contributed by atoms with van der Waals surface area (Å²) in [7, 11) is -3.52. The van der Waals surface area contributed by atoms with E-state index in [1.54, 1.807) is 24.3 Å². The van der Waals surface area contributed by atoms with E-state index in [2.05, 4.69) is 11.1 Å². The predicted molar refractivity (Wildman–Crippen MR) is 95.1 cm³/mol. The van der Waals surface area contributed by atoms with Crippen molar-refractivity contribution >= 4 is 27.0 Å². The fraction of sp³-hybridized carbons (Fsp3) is 0.235. The second-order valence-corrected chi connectivity index (χ2v) is 8.14. The van der Waals surface area contributed by atoms with Crippen LogP contribution in [0.25, 0.3) is 0 Å². The Labute approximate surface area is 141 Å². The minimum absolute atomic E-state index is 0.311. The molecule has 1 aliphatic rings. The Morgan fingerprint density at radius 2 is 1.91 bits per heavy atom. The van der Waals surface area contributed by atoms with Gasteiger partial charge in [-0.1, -0.05) is 59.8 Å². The molecule has 1 heterocycles. The minimum Gasteiger partial charge on any atom is -0.260 e. The molecule has 0 spiro atoms. The van der Waals surface area contributed by atoms with E-state index in [4.69, 9.17) is 0 Å². The van der Waals surface area contributed by atoms with E-state index in [1.807, 2.05) is 31.2 Å². The second-order valence-electron chi connectivity index (χ2n) is 5.33. The average Bonchev–Trinajstić information content (AvgIpc) is 3.03. The van der Waals surface area contributed by atoms with E-state index in [1.165, 1.54) is 27.2 Å². The molecule has 0 fully saturated rings. The summed E-state index contributed by atoms with van der Waals surface area (Å²) >= 11 is 1.47. The van der Waals surface area contributed by atoms with Crippen LogP contribution >= 0.6 is 11.8 Å². The van der Waals surface area contributed by atoms with Crippen LogP contribution in [0.5, 0.6) is 0 Å². The lowest BCUT2D eigenvalue weighted by atomic mass is 10.2. The van der Waals surface area contributed by atoms with Crippen LogP contribution in [0.3, 0.4) is 0 Å². The van der Waals surface area contributed by atoms with Crippen molar-refractivity contribution in [3.8, 4) is 0 Å². The highest BCUT2D eigenvalue weighted by Gasteiger charge is 2.30. The fourth-order valence-electron chi connectivity index (χ4n) is 2.42. The number of aliphatic imine (C=N–C) groups is 1. The van der Waals surface area contributed by atoms with Crippen LogP contribution in [-0.2, 0) is 15.8 Å². The molecule has 2 aromatic carbocycles. The molecule has 3 rings (SSSR count). The summed E-state index contributed by atoms with van der Waals surface area (Å²) in [6.45, 7) is 2.98. The monoisotopic (exact) mass is 346 g/mol. The van der Waals surface area contributed by atoms with Crippen molar-refractivity contribution in [2.75, 3.05) is 13.1 Å². The molecule has 0 saturated heterocycles. The van der Waals surface area contributed by atoms with Crippen LogP contribution in [0.1, 0.15) is 11.1 Å². The summed E-state index contributed by atoms with van der Waals surface area (Å²) < 4.78 is 26.9. The number of amidine groups is 1. The lowest BCUT2D eigenvalue weighted by Crippen LogP contribution is -2.32. The van der Waals surface area contributed by atoms with E-state index in [0.29, 0.717) is 28.9 Å². The summed E-state index contributed by atoms with van der Waals surface area (Å²) in [4.78, 5) is 4.68.